The Hall–Kier alpha value is -4.05. The molecule has 0 bridgehead atoms. The van der Waals surface area contributed by atoms with Crippen molar-refractivity contribution in [2.24, 2.45) is 0 Å². The van der Waals surface area contributed by atoms with Gasteiger partial charge in [0.25, 0.3) is 15.9 Å². The summed E-state index contributed by atoms with van der Waals surface area (Å²) in [6.07, 6.45) is 5.43. The molecule has 0 saturated carbocycles. The minimum atomic E-state index is -4.20. The van der Waals surface area contributed by atoms with Gasteiger partial charge in [-0.3, -0.25) is 9.59 Å². The minimum Gasteiger partial charge on any atom is -0.477 e. The highest BCUT2D eigenvalue weighted by Gasteiger charge is 2.21. The summed E-state index contributed by atoms with van der Waals surface area (Å²) in [5.74, 6) is -2.19. The molecular weight excluding hydrogens is 518 g/mol. The number of carboxylic acids is 1. The number of hydrogen-bond donors (Lipinski definition) is 3. The Kier molecular flexibility index (Phi) is 10.7. The van der Waals surface area contributed by atoms with Gasteiger partial charge in [0.2, 0.25) is 5.91 Å². The van der Waals surface area contributed by atoms with E-state index in [4.69, 9.17) is 0 Å². The number of hydrogen-bond acceptors (Lipinski definition) is 6. The number of sulfonamides is 1. The Morgan fingerprint density at radius 2 is 1.64 bits per heavy atom. The number of aromatic nitrogens is 1. The SMILES string of the molecule is CCCCCc1cc(C(=O)NS(=O)(=O)c2cccc(CCNC(=O)CCc3ccccc3)c2)cnc1C(=O)O. The molecule has 3 rings (SSSR count). The van der Waals surface area contributed by atoms with Gasteiger partial charge in [0, 0.05) is 19.2 Å². The Bertz CT molecular complexity index is 1410. The van der Waals surface area contributed by atoms with Crippen molar-refractivity contribution in [3.63, 3.8) is 0 Å². The fraction of sp³-hybridized carbons (Fsp3) is 0.310. The van der Waals surface area contributed by atoms with E-state index in [0.717, 1.165) is 31.0 Å². The van der Waals surface area contributed by atoms with Crippen molar-refractivity contribution in [3.05, 3.63) is 94.8 Å². The predicted molar refractivity (Wildman–Crippen MR) is 147 cm³/mol. The first-order chi connectivity index (χ1) is 18.7. The summed E-state index contributed by atoms with van der Waals surface area (Å²) >= 11 is 0. The molecule has 2 amide bonds. The maximum atomic E-state index is 12.9. The lowest BCUT2D eigenvalue weighted by Crippen LogP contribution is -2.31. The topological polar surface area (TPSA) is 143 Å². The number of carbonyl (C=O) groups excluding carboxylic acids is 2. The van der Waals surface area contributed by atoms with Crippen molar-refractivity contribution in [1.82, 2.24) is 15.0 Å². The fourth-order valence-corrected chi connectivity index (χ4v) is 5.07. The van der Waals surface area contributed by atoms with Crippen LogP contribution in [0.2, 0.25) is 0 Å². The van der Waals surface area contributed by atoms with Gasteiger partial charge in [-0.05, 0) is 60.6 Å². The molecule has 9 nitrogen and oxygen atoms in total. The van der Waals surface area contributed by atoms with Crippen molar-refractivity contribution < 1.29 is 27.9 Å². The highest BCUT2D eigenvalue weighted by Crippen LogP contribution is 2.16. The van der Waals surface area contributed by atoms with E-state index in [0.29, 0.717) is 43.4 Å². The standard InChI is InChI=1S/C29H33N3O6S/c1-2-3-5-12-23-19-24(20-31-27(23)29(35)36)28(34)32-39(37,38)25-13-8-11-22(18-25)16-17-30-26(33)15-14-21-9-6-4-7-10-21/h4,6-11,13,18-20H,2-3,5,12,14-17H2,1H3,(H,30,33)(H,32,34)(H,35,36). The van der Waals surface area contributed by atoms with Crippen LogP contribution in [0.1, 0.15) is 70.1 Å². The number of rotatable bonds is 14. The first kappa shape index (κ1) is 29.5. The fourth-order valence-electron chi connectivity index (χ4n) is 4.03. The summed E-state index contributed by atoms with van der Waals surface area (Å²) in [5, 5.41) is 12.2. The van der Waals surface area contributed by atoms with Gasteiger partial charge in [-0.25, -0.2) is 22.9 Å². The minimum absolute atomic E-state index is 0.0376. The van der Waals surface area contributed by atoms with Crippen LogP contribution >= 0.6 is 0 Å². The number of carbonyl (C=O) groups is 3. The maximum Gasteiger partial charge on any atom is 0.354 e. The molecule has 0 atom stereocenters. The average Bonchev–Trinajstić information content (AvgIpc) is 2.92. The van der Waals surface area contributed by atoms with Gasteiger partial charge < -0.3 is 10.4 Å². The van der Waals surface area contributed by atoms with Gasteiger partial charge in [0.15, 0.2) is 5.69 Å². The highest BCUT2D eigenvalue weighted by atomic mass is 32.2. The van der Waals surface area contributed by atoms with Gasteiger partial charge in [-0.2, -0.15) is 0 Å². The number of pyridine rings is 1. The van der Waals surface area contributed by atoms with Gasteiger partial charge in [-0.15, -0.1) is 0 Å². The molecule has 3 aromatic rings. The Morgan fingerprint density at radius 3 is 2.36 bits per heavy atom. The third-order valence-corrected chi connectivity index (χ3v) is 7.46. The molecule has 1 heterocycles. The van der Waals surface area contributed by atoms with Crippen LogP contribution in [-0.4, -0.2) is 42.8 Å². The quantitative estimate of drug-likeness (QED) is 0.258. The molecule has 1 aromatic heterocycles. The maximum absolute atomic E-state index is 12.9. The monoisotopic (exact) mass is 551 g/mol. The number of nitrogens with zero attached hydrogens (tertiary/aromatic N) is 1. The summed E-state index contributed by atoms with van der Waals surface area (Å²) in [5.41, 5.74) is 1.96. The Morgan fingerprint density at radius 1 is 0.897 bits per heavy atom. The Labute approximate surface area is 228 Å². The van der Waals surface area contributed by atoms with Crippen LogP contribution in [0.3, 0.4) is 0 Å². The highest BCUT2D eigenvalue weighted by molar-refractivity contribution is 7.90. The third-order valence-electron chi connectivity index (χ3n) is 6.14. The van der Waals surface area contributed by atoms with E-state index < -0.39 is 21.9 Å². The van der Waals surface area contributed by atoms with E-state index in [9.17, 15) is 27.9 Å². The summed E-state index contributed by atoms with van der Waals surface area (Å²) in [4.78, 5) is 40.2. The average molecular weight is 552 g/mol. The van der Waals surface area contributed by atoms with Crippen LogP contribution in [0.25, 0.3) is 0 Å². The van der Waals surface area contributed by atoms with E-state index >= 15 is 0 Å². The molecule has 0 aliphatic carbocycles. The van der Waals surface area contributed by atoms with Crippen LogP contribution in [0, 0.1) is 0 Å². The third kappa shape index (κ3) is 9.03. The summed E-state index contributed by atoms with van der Waals surface area (Å²) < 4.78 is 27.9. The van der Waals surface area contributed by atoms with Crippen LogP contribution < -0.4 is 10.0 Å². The summed E-state index contributed by atoms with van der Waals surface area (Å²) in [6.45, 7) is 2.36. The molecule has 0 aliphatic heterocycles. The number of aryl methyl sites for hydroxylation is 2. The van der Waals surface area contributed by atoms with Crippen LogP contribution in [0.5, 0.6) is 0 Å². The second kappa shape index (κ2) is 14.2. The lowest BCUT2D eigenvalue weighted by Gasteiger charge is -2.11. The van der Waals surface area contributed by atoms with Crippen molar-refractivity contribution in [2.45, 2.75) is 56.8 Å². The number of benzene rings is 2. The van der Waals surface area contributed by atoms with E-state index in [1.807, 2.05) is 42.0 Å². The van der Waals surface area contributed by atoms with Crippen molar-refractivity contribution in [1.29, 1.82) is 0 Å². The van der Waals surface area contributed by atoms with Crippen LogP contribution in [-0.2, 0) is 34.1 Å². The zero-order valence-corrected chi connectivity index (χ0v) is 22.7. The molecule has 0 unspecified atom stereocenters. The molecule has 10 heteroatoms. The smallest absolute Gasteiger partial charge is 0.354 e. The molecule has 0 radical (unpaired) electrons. The molecule has 0 fully saturated rings. The molecule has 0 aliphatic rings. The first-order valence-corrected chi connectivity index (χ1v) is 14.4. The zero-order chi connectivity index (χ0) is 28.3. The molecule has 39 heavy (non-hydrogen) atoms. The van der Waals surface area contributed by atoms with E-state index in [1.54, 1.807) is 12.1 Å². The second-order valence-electron chi connectivity index (χ2n) is 9.16. The molecular formula is C29H33N3O6S. The second-order valence-corrected chi connectivity index (χ2v) is 10.8. The zero-order valence-electron chi connectivity index (χ0n) is 21.9. The lowest BCUT2D eigenvalue weighted by molar-refractivity contribution is -0.121. The summed E-state index contributed by atoms with van der Waals surface area (Å²) in [6, 6.07) is 17.2. The van der Waals surface area contributed by atoms with Crippen LogP contribution in [0.4, 0.5) is 0 Å². The predicted octanol–water partition coefficient (Wildman–Crippen LogP) is 3.92. The van der Waals surface area contributed by atoms with E-state index in [-0.39, 0.29) is 22.1 Å². The Balaban J connectivity index is 1.60. The van der Waals surface area contributed by atoms with Gasteiger partial charge in [0.1, 0.15) is 0 Å². The molecule has 0 saturated heterocycles. The van der Waals surface area contributed by atoms with Crippen LogP contribution in [0.15, 0.2) is 71.8 Å². The van der Waals surface area contributed by atoms with Crippen molar-refractivity contribution in [3.8, 4) is 0 Å². The van der Waals surface area contributed by atoms with Gasteiger partial charge >= 0.3 is 5.97 Å². The molecule has 3 N–H and O–H groups in total. The molecule has 206 valence electrons. The number of unbranched alkanes of at least 4 members (excludes halogenated alkanes) is 2. The lowest BCUT2D eigenvalue weighted by atomic mass is 10.0. The largest absolute Gasteiger partial charge is 0.477 e. The number of nitrogens with one attached hydrogen (secondary N) is 2. The van der Waals surface area contributed by atoms with Gasteiger partial charge in [0.05, 0.1) is 10.5 Å². The number of aromatic carboxylic acids is 1. The molecule has 0 spiro atoms. The first-order valence-electron chi connectivity index (χ1n) is 12.9. The van der Waals surface area contributed by atoms with E-state index in [1.165, 1.54) is 18.2 Å². The van der Waals surface area contributed by atoms with Crippen molar-refractivity contribution >= 4 is 27.8 Å². The number of carboxylic acid groups (broad SMARTS) is 1. The normalized spacial score (nSPS) is 11.1. The molecule has 2 aromatic carbocycles. The van der Waals surface area contributed by atoms with E-state index in [2.05, 4.69) is 10.3 Å². The van der Waals surface area contributed by atoms with Crippen molar-refractivity contribution in [2.75, 3.05) is 6.54 Å². The summed E-state index contributed by atoms with van der Waals surface area (Å²) in [7, 11) is -4.20. The van der Waals surface area contributed by atoms with Gasteiger partial charge in [-0.1, -0.05) is 62.2 Å². The number of amides is 2.